The Bertz CT molecular complexity index is 895. The first kappa shape index (κ1) is 16.8. The average molecular weight is 367 g/mol. The number of halogens is 1. The Morgan fingerprint density at radius 1 is 1.27 bits per heavy atom. The number of amides is 1. The minimum absolute atomic E-state index is 0.0000208. The lowest BCUT2D eigenvalue weighted by Crippen LogP contribution is -2.28. The van der Waals surface area contributed by atoms with E-state index in [-0.39, 0.29) is 24.2 Å². The maximum absolute atomic E-state index is 13.0. The normalized spacial score (nSPS) is 18.5. The molecule has 6 heteroatoms. The van der Waals surface area contributed by atoms with Gasteiger partial charge in [-0.25, -0.2) is 9.37 Å². The van der Waals surface area contributed by atoms with Crippen molar-refractivity contribution in [1.29, 1.82) is 0 Å². The fraction of sp³-hybridized carbons (Fsp3) is 0.250. The van der Waals surface area contributed by atoms with Gasteiger partial charge in [-0.2, -0.15) is 0 Å². The summed E-state index contributed by atoms with van der Waals surface area (Å²) in [7, 11) is 0. The van der Waals surface area contributed by atoms with E-state index in [1.807, 2.05) is 23.7 Å². The van der Waals surface area contributed by atoms with Gasteiger partial charge in [-0.1, -0.05) is 18.2 Å². The second-order valence-corrected chi connectivity index (χ2v) is 7.46. The van der Waals surface area contributed by atoms with Gasteiger partial charge in [-0.05, 0) is 35.7 Å². The van der Waals surface area contributed by atoms with Crippen LogP contribution < -0.4 is 5.32 Å². The molecule has 0 bridgehead atoms. The maximum atomic E-state index is 13.0. The summed E-state index contributed by atoms with van der Waals surface area (Å²) in [6.45, 7) is 0. The maximum Gasteiger partial charge on any atom is 0.226 e. The molecule has 1 amide bonds. The summed E-state index contributed by atoms with van der Waals surface area (Å²) >= 11 is 1.53. The predicted octanol–water partition coefficient (Wildman–Crippen LogP) is 3.48. The second-order valence-electron chi connectivity index (χ2n) is 6.52. The van der Waals surface area contributed by atoms with Gasteiger partial charge in [0.05, 0.1) is 17.1 Å². The third-order valence-electron chi connectivity index (χ3n) is 4.46. The van der Waals surface area contributed by atoms with Gasteiger partial charge in [0.2, 0.25) is 5.91 Å². The molecule has 132 valence electrons. The number of aromatic nitrogens is 2. The number of pyridine rings is 1. The number of benzene rings is 1. The highest BCUT2D eigenvalue weighted by atomic mass is 32.1. The van der Waals surface area contributed by atoms with Gasteiger partial charge in [-0.15, -0.1) is 11.3 Å². The highest BCUT2D eigenvalue weighted by Gasteiger charge is 2.39. The molecule has 0 saturated heterocycles. The van der Waals surface area contributed by atoms with Crippen molar-refractivity contribution in [2.45, 2.75) is 31.2 Å². The fourth-order valence-corrected chi connectivity index (χ4v) is 3.86. The zero-order valence-corrected chi connectivity index (χ0v) is 14.9. The van der Waals surface area contributed by atoms with Gasteiger partial charge in [0, 0.05) is 36.2 Å². The van der Waals surface area contributed by atoms with Crippen molar-refractivity contribution in [2.75, 3.05) is 0 Å². The van der Waals surface area contributed by atoms with Gasteiger partial charge in [0.25, 0.3) is 0 Å². The van der Waals surface area contributed by atoms with Gasteiger partial charge in [0.1, 0.15) is 5.82 Å². The third-order valence-corrected chi connectivity index (χ3v) is 5.36. The Labute approximate surface area is 155 Å². The number of nitrogens with one attached hydrogen (secondary N) is 1. The van der Waals surface area contributed by atoms with E-state index in [4.69, 9.17) is 0 Å². The Morgan fingerprint density at radius 3 is 2.88 bits per heavy atom. The van der Waals surface area contributed by atoms with Crippen LogP contribution in [0.4, 0.5) is 4.39 Å². The standard InChI is InChI=1S/C20H18FN3OS/c21-15-5-3-13(4-6-15)8-20-23-16(12-26-20)9-19(25)24-18-10-17(18)14-2-1-7-22-11-14/h1-7,11-12,17-18H,8-10H2,(H,24,25)/t17-,18+/m1/s1. The molecule has 1 aliphatic carbocycles. The van der Waals surface area contributed by atoms with E-state index in [1.165, 1.54) is 29.0 Å². The smallest absolute Gasteiger partial charge is 0.226 e. The molecule has 0 unspecified atom stereocenters. The Morgan fingerprint density at radius 2 is 2.12 bits per heavy atom. The van der Waals surface area contributed by atoms with Gasteiger partial charge < -0.3 is 5.32 Å². The van der Waals surface area contributed by atoms with Crippen LogP contribution in [0.5, 0.6) is 0 Å². The first-order chi connectivity index (χ1) is 12.7. The van der Waals surface area contributed by atoms with Gasteiger partial charge in [-0.3, -0.25) is 9.78 Å². The molecule has 2 heterocycles. The molecule has 2 atom stereocenters. The molecule has 1 aliphatic rings. The van der Waals surface area contributed by atoms with Crippen molar-refractivity contribution in [2.24, 2.45) is 0 Å². The van der Waals surface area contributed by atoms with Crippen LogP contribution in [0.1, 0.15) is 34.2 Å². The molecular weight excluding hydrogens is 349 g/mol. The molecule has 4 nitrogen and oxygen atoms in total. The first-order valence-corrected chi connectivity index (χ1v) is 9.42. The Hall–Kier alpha value is -2.60. The lowest BCUT2D eigenvalue weighted by Gasteiger charge is -2.03. The van der Waals surface area contributed by atoms with E-state index in [2.05, 4.69) is 15.3 Å². The summed E-state index contributed by atoms with van der Waals surface area (Å²) in [6.07, 6.45) is 5.52. The summed E-state index contributed by atoms with van der Waals surface area (Å²) < 4.78 is 13.0. The molecule has 1 N–H and O–H groups in total. The Kier molecular flexibility index (Phi) is 4.75. The number of hydrogen-bond donors (Lipinski definition) is 1. The fourth-order valence-electron chi connectivity index (χ4n) is 3.03. The molecule has 0 radical (unpaired) electrons. The quantitative estimate of drug-likeness (QED) is 0.726. The summed E-state index contributed by atoms with van der Waals surface area (Å²) in [4.78, 5) is 20.9. The second kappa shape index (κ2) is 7.33. The van der Waals surface area contributed by atoms with E-state index in [9.17, 15) is 9.18 Å². The number of hydrogen-bond acceptors (Lipinski definition) is 4. The van der Waals surface area contributed by atoms with Crippen molar-refractivity contribution in [1.82, 2.24) is 15.3 Å². The van der Waals surface area contributed by atoms with Crippen LogP contribution in [0.2, 0.25) is 0 Å². The topological polar surface area (TPSA) is 54.9 Å². The molecule has 1 aromatic carbocycles. The molecule has 0 spiro atoms. The zero-order chi connectivity index (χ0) is 17.9. The predicted molar refractivity (Wildman–Crippen MR) is 98.5 cm³/mol. The summed E-state index contributed by atoms with van der Waals surface area (Å²) in [5, 5.41) is 5.92. The highest BCUT2D eigenvalue weighted by molar-refractivity contribution is 7.09. The molecule has 1 fully saturated rings. The van der Waals surface area contributed by atoms with Crippen molar-refractivity contribution < 1.29 is 9.18 Å². The minimum Gasteiger partial charge on any atom is -0.352 e. The monoisotopic (exact) mass is 367 g/mol. The van der Waals surface area contributed by atoms with E-state index < -0.39 is 0 Å². The van der Waals surface area contributed by atoms with Gasteiger partial charge in [0.15, 0.2) is 0 Å². The molecule has 1 saturated carbocycles. The highest BCUT2D eigenvalue weighted by Crippen LogP contribution is 2.40. The van der Waals surface area contributed by atoms with E-state index in [0.29, 0.717) is 12.3 Å². The zero-order valence-electron chi connectivity index (χ0n) is 14.1. The average Bonchev–Trinajstić information content (AvgIpc) is 3.27. The van der Waals surface area contributed by atoms with Crippen molar-refractivity contribution in [3.8, 4) is 0 Å². The largest absolute Gasteiger partial charge is 0.352 e. The van der Waals surface area contributed by atoms with Crippen LogP contribution in [0.3, 0.4) is 0 Å². The summed E-state index contributed by atoms with van der Waals surface area (Å²) in [5.41, 5.74) is 2.96. The van der Waals surface area contributed by atoms with E-state index in [1.54, 1.807) is 18.3 Å². The van der Waals surface area contributed by atoms with Crippen molar-refractivity contribution in [3.05, 3.63) is 81.8 Å². The molecule has 3 aromatic rings. The SMILES string of the molecule is O=C(Cc1csc(Cc2ccc(F)cc2)n1)N[C@H]1C[C@@H]1c1cccnc1. The lowest BCUT2D eigenvalue weighted by atomic mass is 10.1. The van der Waals surface area contributed by atoms with Gasteiger partial charge >= 0.3 is 0 Å². The van der Waals surface area contributed by atoms with Crippen LogP contribution in [0.25, 0.3) is 0 Å². The number of carbonyl (C=O) groups is 1. The number of carbonyl (C=O) groups excluding carboxylic acids is 1. The van der Waals surface area contributed by atoms with Crippen LogP contribution >= 0.6 is 11.3 Å². The molecular formula is C20H18FN3OS. The summed E-state index contributed by atoms with van der Waals surface area (Å²) in [6, 6.07) is 10.6. The lowest BCUT2D eigenvalue weighted by molar-refractivity contribution is -0.120. The minimum atomic E-state index is -0.241. The molecule has 4 rings (SSSR count). The molecule has 2 aromatic heterocycles. The van der Waals surface area contributed by atoms with Crippen molar-refractivity contribution >= 4 is 17.2 Å². The van der Waals surface area contributed by atoms with Crippen LogP contribution in [-0.2, 0) is 17.6 Å². The van der Waals surface area contributed by atoms with Crippen LogP contribution in [0.15, 0.2) is 54.2 Å². The molecule has 26 heavy (non-hydrogen) atoms. The van der Waals surface area contributed by atoms with E-state index in [0.717, 1.165) is 22.7 Å². The number of thiazole rings is 1. The first-order valence-electron chi connectivity index (χ1n) is 8.54. The molecule has 0 aliphatic heterocycles. The third kappa shape index (κ3) is 4.14. The van der Waals surface area contributed by atoms with Crippen LogP contribution in [0, 0.1) is 5.82 Å². The van der Waals surface area contributed by atoms with Crippen molar-refractivity contribution in [3.63, 3.8) is 0 Å². The number of nitrogens with zero attached hydrogens (tertiary/aromatic N) is 2. The Balaban J connectivity index is 1.29. The summed E-state index contributed by atoms with van der Waals surface area (Å²) in [5.74, 6) is 0.132. The van der Waals surface area contributed by atoms with Crippen LogP contribution in [-0.4, -0.2) is 21.9 Å². The number of rotatable bonds is 6. The van der Waals surface area contributed by atoms with E-state index >= 15 is 0 Å².